The minimum absolute atomic E-state index is 0.260. The van der Waals surface area contributed by atoms with E-state index in [0.29, 0.717) is 24.3 Å². The van der Waals surface area contributed by atoms with Crippen molar-refractivity contribution in [2.45, 2.75) is 13.0 Å². The number of nitrogens with one attached hydrogen (secondary N) is 1. The number of carbonyl (C=O) groups excluding carboxylic acids is 1. The van der Waals surface area contributed by atoms with Crippen molar-refractivity contribution in [3.8, 4) is 6.07 Å². The van der Waals surface area contributed by atoms with Crippen LogP contribution in [-0.4, -0.2) is 10.9 Å². The molecule has 6 heteroatoms. The first-order valence-electron chi connectivity index (χ1n) is 5.64. The van der Waals surface area contributed by atoms with Gasteiger partial charge < -0.3 is 11.1 Å². The summed E-state index contributed by atoms with van der Waals surface area (Å²) < 4.78 is 0. The van der Waals surface area contributed by atoms with Gasteiger partial charge in [0.2, 0.25) is 0 Å². The van der Waals surface area contributed by atoms with E-state index in [2.05, 4.69) is 16.4 Å². The van der Waals surface area contributed by atoms with Gasteiger partial charge in [-0.1, -0.05) is 12.1 Å². The summed E-state index contributed by atoms with van der Waals surface area (Å²) in [6.07, 6.45) is 0.361. The second-order valence-corrected chi connectivity index (χ2v) is 4.76. The summed E-state index contributed by atoms with van der Waals surface area (Å²) in [6, 6.07) is 9.22. The summed E-state index contributed by atoms with van der Waals surface area (Å²) in [5, 5.41) is 13.7. The van der Waals surface area contributed by atoms with Crippen molar-refractivity contribution in [1.82, 2.24) is 4.98 Å². The molecule has 0 aliphatic heterocycles. The highest BCUT2D eigenvalue weighted by atomic mass is 32.1. The summed E-state index contributed by atoms with van der Waals surface area (Å²) >= 11 is 1.36. The molecule has 0 radical (unpaired) electrons. The normalized spacial score (nSPS) is 9.89. The number of hydrogen-bond donors (Lipinski definition) is 2. The van der Waals surface area contributed by atoms with E-state index in [4.69, 9.17) is 11.0 Å². The second-order valence-electron chi connectivity index (χ2n) is 3.82. The highest BCUT2D eigenvalue weighted by Gasteiger charge is 2.10. The van der Waals surface area contributed by atoms with Gasteiger partial charge in [0.05, 0.1) is 12.5 Å². The fourth-order valence-electron chi connectivity index (χ4n) is 1.50. The summed E-state index contributed by atoms with van der Waals surface area (Å²) in [5.74, 6) is -0.260. The first-order valence-corrected chi connectivity index (χ1v) is 6.52. The molecule has 0 saturated heterocycles. The zero-order valence-corrected chi connectivity index (χ0v) is 10.9. The summed E-state index contributed by atoms with van der Waals surface area (Å²) in [7, 11) is 0. The molecule has 0 spiro atoms. The number of nitrogens with zero attached hydrogens (tertiary/aromatic N) is 2. The lowest BCUT2D eigenvalue weighted by Gasteiger charge is -2.03. The molecular formula is C13H12N4OS. The van der Waals surface area contributed by atoms with E-state index in [1.54, 1.807) is 17.5 Å². The van der Waals surface area contributed by atoms with Gasteiger partial charge in [-0.05, 0) is 17.7 Å². The highest BCUT2D eigenvalue weighted by Crippen LogP contribution is 2.13. The van der Waals surface area contributed by atoms with Crippen LogP contribution in [0.25, 0.3) is 0 Å². The molecule has 0 saturated carbocycles. The van der Waals surface area contributed by atoms with Crippen LogP contribution in [0.1, 0.15) is 21.1 Å². The van der Waals surface area contributed by atoms with Gasteiger partial charge >= 0.3 is 0 Å². The Hall–Kier alpha value is -2.23. The Labute approximate surface area is 114 Å². The van der Waals surface area contributed by atoms with E-state index in [1.165, 1.54) is 11.3 Å². The number of nitrogens with two attached hydrogens (primary N) is 1. The van der Waals surface area contributed by atoms with Crippen LogP contribution >= 0.6 is 11.3 Å². The Morgan fingerprint density at radius 3 is 2.74 bits per heavy atom. The molecule has 0 aliphatic rings. The van der Waals surface area contributed by atoms with Gasteiger partial charge in [0, 0.05) is 17.6 Å². The molecular weight excluding hydrogens is 260 g/mol. The predicted molar refractivity (Wildman–Crippen MR) is 73.7 cm³/mol. The molecule has 3 N–H and O–H groups in total. The van der Waals surface area contributed by atoms with Crippen LogP contribution in [-0.2, 0) is 13.0 Å². The van der Waals surface area contributed by atoms with Crippen LogP contribution in [0.5, 0.6) is 0 Å². The Morgan fingerprint density at radius 1 is 1.42 bits per heavy atom. The van der Waals surface area contributed by atoms with Gasteiger partial charge in [0.15, 0.2) is 0 Å². The Morgan fingerprint density at radius 2 is 2.16 bits per heavy atom. The number of rotatable bonds is 4. The third kappa shape index (κ3) is 3.37. The maximum Gasteiger partial charge on any atom is 0.275 e. The highest BCUT2D eigenvalue weighted by molar-refractivity contribution is 7.09. The minimum atomic E-state index is -0.260. The lowest BCUT2D eigenvalue weighted by atomic mass is 10.1. The first-order chi connectivity index (χ1) is 9.22. The number of anilines is 1. The summed E-state index contributed by atoms with van der Waals surface area (Å²) in [5.41, 5.74) is 7.41. The molecule has 1 aromatic heterocycles. The zero-order valence-electron chi connectivity index (χ0n) is 10.1. The number of hydrogen-bond acceptors (Lipinski definition) is 5. The van der Waals surface area contributed by atoms with Gasteiger partial charge in [-0.2, -0.15) is 5.26 Å². The molecule has 2 aromatic rings. The maximum absolute atomic E-state index is 11.9. The Balaban J connectivity index is 2.04. The smallest absolute Gasteiger partial charge is 0.275 e. The standard InChI is InChI=1S/C13H12N4OS/c14-6-5-9-1-3-10(4-2-9)16-13(18)11-8-19-12(7-15)17-11/h1-4,8H,5,7,15H2,(H,16,18). The largest absolute Gasteiger partial charge is 0.325 e. The van der Waals surface area contributed by atoms with Crippen LogP contribution in [0.3, 0.4) is 0 Å². The van der Waals surface area contributed by atoms with E-state index in [0.717, 1.165) is 10.6 Å². The number of amides is 1. The molecule has 19 heavy (non-hydrogen) atoms. The SMILES string of the molecule is N#CCc1ccc(NC(=O)c2csc(CN)n2)cc1. The Kier molecular flexibility index (Phi) is 4.23. The van der Waals surface area contributed by atoms with E-state index < -0.39 is 0 Å². The molecule has 5 nitrogen and oxygen atoms in total. The van der Waals surface area contributed by atoms with Crippen molar-refractivity contribution in [3.05, 3.63) is 45.9 Å². The van der Waals surface area contributed by atoms with Crippen LogP contribution in [0.4, 0.5) is 5.69 Å². The van der Waals surface area contributed by atoms with Crippen molar-refractivity contribution < 1.29 is 4.79 Å². The molecule has 0 aliphatic carbocycles. The van der Waals surface area contributed by atoms with Crippen LogP contribution in [0, 0.1) is 11.3 Å². The quantitative estimate of drug-likeness (QED) is 0.889. The lowest BCUT2D eigenvalue weighted by Crippen LogP contribution is -2.12. The van der Waals surface area contributed by atoms with E-state index in [-0.39, 0.29) is 5.91 Å². The number of benzene rings is 1. The van der Waals surface area contributed by atoms with E-state index >= 15 is 0 Å². The van der Waals surface area contributed by atoms with Crippen molar-refractivity contribution in [3.63, 3.8) is 0 Å². The molecule has 1 amide bonds. The summed E-state index contributed by atoms with van der Waals surface area (Å²) in [4.78, 5) is 16.0. The van der Waals surface area contributed by atoms with Gasteiger partial charge in [-0.25, -0.2) is 4.98 Å². The van der Waals surface area contributed by atoms with Crippen molar-refractivity contribution in [1.29, 1.82) is 5.26 Å². The zero-order chi connectivity index (χ0) is 13.7. The molecule has 2 rings (SSSR count). The third-order valence-corrected chi connectivity index (χ3v) is 3.33. The van der Waals surface area contributed by atoms with Gasteiger partial charge in [-0.15, -0.1) is 11.3 Å². The number of nitriles is 1. The monoisotopic (exact) mass is 272 g/mol. The topological polar surface area (TPSA) is 91.8 Å². The molecule has 96 valence electrons. The number of thiazole rings is 1. The van der Waals surface area contributed by atoms with Crippen LogP contribution < -0.4 is 11.1 Å². The van der Waals surface area contributed by atoms with E-state index in [1.807, 2.05) is 12.1 Å². The maximum atomic E-state index is 11.9. The average Bonchev–Trinajstić information content (AvgIpc) is 2.90. The number of aromatic nitrogens is 1. The molecule has 0 fully saturated rings. The van der Waals surface area contributed by atoms with Gasteiger partial charge in [0.25, 0.3) is 5.91 Å². The van der Waals surface area contributed by atoms with Crippen LogP contribution in [0.15, 0.2) is 29.6 Å². The fraction of sp³-hybridized carbons (Fsp3) is 0.154. The minimum Gasteiger partial charge on any atom is -0.325 e. The lowest BCUT2D eigenvalue weighted by molar-refractivity contribution is 0.102. The van der Waals surface area contributed by atoms with Gasteiger partial charge in [-0.3, -0.25) is 4.79 Å². The molecule has 0 unspecified atom stereocenters. The summed E-state index contributed by atoms with van der Waals surface area (Å²) in [6.45, 7) is 0.334. The average molecular weight is 272 g/mol. The second kappa shape index (κ2) is 6.09. The van der Waals surface area contributed by atoms with Crippen molar-refractivity contribution >= 4 is 22.9 Å². The Bertz CT molecular complexity index is 612. The first kappa shape index (κ1) is 13.2. The molecule has 0 atom stereocenters. The fourth-order valence-corrected chi connectivity index (χ4v) is 2.16. The van der Waals surface area contributed by atoms with E-state index in [9.17, 15) is 4.79 Å². The van der Waals surface area contributed by atoms with Crippen molar-refractivity contribution in [2.75, 3.05) is 5.32 Å². The molecule has 1 aromatic carbocycles. The third-order valence-electron chi connectivity index (χ3n) is 2.45. The number of carbonyl (C=O) groups is 1. The van der Waals surface area contributed by atoms with Crippen LogP contribution in [0.2, 0.25) is 0 Å². The molecule has 1 heterocycles. The van der Waals surface area contributed by atoms with Crippen molar-refractivity contribution in [2.24, 2.45) is 5.73 Å². The predicted octanol–water partition coefficient (Wildman–Crippen LogP) is 1.92. The van der Waals surface area contributed by atoms with Gasteiger partial charge in [0.1, 0.15) is 10.7 Å². The molecule has 0 bridgehead atoms.